The Kier molecular flexibility index (Phi) is 4.10. The molecule has 0 atom stereocenters. The van der Waals surface area contributed by atoms with Crippen LogP contribution in [-0.2, 0) is 11.3 Å². The summed E-state index contributed by atoms with van der Waals surface area (Å²) in [5.41, 5.74) is 3.64. The van der Waals surface area contributed by atoms with Gasteiger partial charge in [-0.2, -0.15) is 5.10 Å². The minimum absolute atomic E-state index is 0.648. The maximum absolute atomic E-state index is 5.41. The molecule has 4 rings (SSSR count). The van der Waals surface area contributed by atoms with E-state index >= 15 is 0 Å². The molecule has 2 aromatic heterocycles. The molecule has 0 N–H and O–H groups in total. The number of aromatic nitrogens is 4. The molecule has 118 valence electrons. The molecule has 0 spiro atoms. The summed E-state index contributed by atoms with van der Waals surface area (Å²) in [6.07, 6.45) is 7.96. The van der Waals surface area contributed by atoms with E-state index in [0.717, 1.165) is 59.4 Å². The van der Waals surface area contributed by atoms with Crippen LogP contribution in [0, 0.1) is 5.92 Å². The summed E-state index contributed by atoms with van der Waals surface area (Å²) in [6.45, 7) is 2.67. The van der Waals surface area contributed by atoms with E-state index in [9.17, 15) is 0 Å². The van der Waals surface area contributed by atoms with Crippen LogP contribution in [-0.4, -0.2) is 33.0 Å². The van der Waals surface area contributed by atoms with Crippen molar-refractivity contribution in [3.63, 3.8) is 0 Å². The molecule has 23 heavy (non-hydrogen) atoms. The van der Waals surface area contributed by atoms with E-state index in [1.165, 1.54) is 0 Å². The van der Waals surface area contributed by atoms with E-state index in [1.54, 1.807) is 0 Å². The zero-order chi connectivity index (χ0) is 15.6. The third-order valence-electron chi connectivity index (χ3n) is 4.22. The smallest absolute Gasteiger partial charge is 0.0924 e. The molecule has 1 aliphatic rings. The van der Waals surface area contributed by atoms with Crippen molar-refractivity contribution in [2.45, 2.75) is 19.4 Å². The first kappa shape index (κ1) is 14.8. The van der Waals surface area contributed by atoms with Crippen LogP contribution in [0.15, 0.2) is 41.3 Å². The zero-order valence-electron chi connectivity index (χ0n) is 12.7. The maximum atomic E-state index is 5.41. The molecule has 0 bridgehead atoms. The van der Waals surface area contributed by atoms with Gasteiger partial charge in [-0.05, 0) is 37.0 Å². The Bertz CT molecular complexity index is 826. The lowest BCUT2D eigenvalue weighted by molar-refractivity contribution is 0.0601. The molecular weight excluding hydrogens is 356 g/mol. The Morgan fingerprint density at radius 1 is 1.17 bits per heavy atom. The maximum Gasteiger partial charge on any atom is 0.0924 e. The van der Waals surface area contributed by atoms with E-state index in [-0.39, 0.29) is 0 Å². The molecule has 0 radical (unpaired) electrons. The largest absolute Gasteiger partial charge is 0.381 e. The van der Waals surface area contributed by atoms with Crippen molar-refractivity contribution in [2.75, 3.05) is 13.2 Å². The van der Waals surface area contributed by atoms with Crippen molar-refractivity contribution in [1.82, 2.24) is 19.7 Å². The van der Waals surface area contributed by atoms with Gasteiger partial charge in [0, 0.05) is 36.0 Å². The molecule has 3 heterocycles. The summed E-state index contributed by atoms with van der Waals surface area (Å²) in [5.74, 6) is 0.648. The van der Waals surface area contributed by atoms with Gasteiger partial charge < -0.3 is 4.74 Å². The van der Waals surface area contributed by atoms with Crippen LogP contribution in [0.2, 0.25) is 0 Å². The first-order chi connectivity index (χ1) is 11.3. The highest BCUT2D eigenvalue weighted by Crippen LogP contribution is 2.22. The van der Waals surface area contributed by atoms with E-state index in [0.29, 0.717) is 5.92 Å². The van der Waals surface area contributed by atoms with Crippen LogP contribution in [0.25, 0.3) is 22.3 Å². The zero-order valence-corrected chi connectivity index (χ0v) is 14.2. The average molecular weight is 373 g/mol. The lowest BCUT2D eigenvalue weighted by Gasteiger charge is -2.21. The van der Waals surface area contributed by atoms with Gasteiger partial charge in [-0.15, -0.1) is 0 Å². The Labute approximate surface area is 142 Å². The fourth-order valence-electron chi connectivity index (χ4n) is 2.91. The summed E-state index contributed by atoms with van der Waals surface area (Å²) in [7, 11) is 0. The second-order valence-corrected chi connectivity index (χ2v) is 6.81. The van der Waals surface area contributed by atoms with Crippen LogP contribution < -0.4 is 0 Å². The Balaban J connectivity index is 1.58. The number of hydrogen-bond acceptors (Lipinski definition) is 4. The first-order valence-corrected chi connectivity index (χ1v) is 8.60. The highest BCUT2D eigenvalue weighted by Gasteiger charge is 2.15. The first-order valence-electron chi connectivity index (χ1n) is 7.81. The van der Waals surface area contributed by atoms with Crippen LogP contribution in [0.5, 0.6) is 0 Å². The molecule has 0 amide bonds. The quantitative estimate of drug-likeness (QED) is 0.703. The molecule has 1 aliphatic heterocycles. The normalized spacial score (nSPS) is 16.0. The number of ether oxygens (including phenoxy) is 1. The second kappa shape index (κ2) is 6.37. The number of fused-ring (bicyclic) bond motifs is 1. The van der Waals surface area contributed by atoms with Gasteiger partial charge in [-0.1, -0.05) is 15.9 Å². The van der Waals surface area contributed by atoms with Crippen molar-refractivity contribution in [3.8, 4) is 11.3 Å². The molecule has 0 aliphatic carbocycles. The van der Waals surface area contributed by atoms with E-state index < -0.39 is 0 Å². The van der Waals surface area contributed by atoms with E-state index in [2.05, 4.69) is 32.2 Å². The predicted molar refractivity (Wildman–Crippen MR) is 92.0 cm³/mol. The molecule has 1 aromatic carbocycles. The molecule has 1 fully saturated rings. The predicted octanol–water partition coefficient (Wildman–Crippen LogP) is 3.68. The van der Waals surface area contributed by atoms with E-state index in [1.807, 2.05) is 35.3 Å². The molecular formula is C17H17BrN4O. The minimum atomic E-state index is 0.648. The molecule has 3 aromatic rings. The number of hydrogen-bond donors (Lipinski definition) is 0. The van der Waals surface area contributed by atoms with Gasteiger partial charge in [-0.3, -0.25) is 9.67 Å². The summed E-state index contributed by atoms with van der Waals surface area (Å²) in [4.78, 5) is 9.19. The number of halogens is 1. The summed E-state index contributed by atoms with van der Waals surface area (Å²) < 4.78 is 8.43. The van der Waals surface area contributed by atoms with Crippen LogP contribution in [0.4, 0.5) is 0 Å². The topological polar surface area (TPSA) is 52.8 Å². The number of benzene rings is 1. The van der Waals surface area contributed by atoms with Gasteiger partial charge in [0.1, 0.15) is 0 Å². The Morgan fingerprint density at radius 2 is 2.04 bits per heavy atom. The van der Waals surface area contributed by atoms with Gasteiger partial charge >= 0.3 is 0 Å². The van der Waals surface area contributed by atoms with Gasteiger partial charge in [0.2, 0.25) is 0 Å². The summed E-state index contributed by atoms with van der Waals surface area (Å²) in [6, 6.07) is 5.92. The van der Waals surface area contributed by atoms with Gasteiger partial charge in [-0.25, -0.2) is 4.98 Å². The standard InChI is InChI=1S/C17H17BrN4O/c18-14-1-2-15-16(7-14)21-17(9-19-15)13-8-20-22(11-13)10-12-3-5-23-6-4-12/h1-2,7-9,11-12H,3-6,10H2. The molecule has 6 heteroatoms. The summed E-state index contributed by atoms with van der Waals surface area (Å²) >= 11 is 3.48. The van der Waals surface area contributed by atoms with Gasteiger partial charge in [0.15, 0.2) is 0 Å². The van der Waals surface area contributed by atoms with Crippen molar-refractivity contribution in [1.29, 1.82) is 0 Å². The van der Waals surface area contributed by atoms with Gasteiger partial charge in [0.05, 0.1) is 29.1 Å². The minimum Gasteiger partial charge on any atom is -0.381 e. The van der Waals surface area contributed by atoms with Crippen molar-refractivity contribution < 1.29 is 4.74 Å². The van der Waals surface area contributed by atoms with Crippen LogP contribution in [0.1, 0.15) is 12.8 Å². The SMILES string of the molecule is Brc1ccc2ncc(-c3cnn(CC4CCOCC4)c3)nc2c1. The lowest BCUT2D eigenvalue weighted by atomic mass is 10.0. The Hall–Kier alpha value is -1.79. The highest BCUT2D eigenvalue weighted by molar-refractivity contribution is 9.10. The monoisotopic (exact) mass is 372 g/mol. The van der Waals surface area contributed by atoms with Gasteiger partial charge in [0.25, 0.3) is 0 Å². The molecule has 0 unspecified atom stereocenters. The highest BCUT2D eigenvalue weighted by atomic mass is 79.9. The molecule has 1 saturated heterocycles. The molecule has 0 saturated carbocycles. The van der Waals surface area contributed by atoms with E-state index in [4.69, 9.17) is 9.72 Å². The third-order valence-corrected chi connectivity index (χ3v) is 4.71. The number of nitrogens with zero attached hydrogens (tertiary/aromatic N) is 4. The van der Waals surface area contributed by atoms with Crippen molar-refractivity contribution in [3.05, 3.63) is 41.3 Å². The third kappa shape index (κ3) is 3.28. The fraction of sp³-hybridized carbons (Fsp3) is 0.353. The number of rotatable bonds is 3. The van der Waals surface area contributed by atoms with Crippen LogP contribution >= 0.6 is 15.9 Å². The average Bonchev–Trinajstić information content (AvgIpc) is 3.03. The second-order valence-electron chi connectivity index (χ2n) is 5.90. The Morgan fingerprint density at radius 3 is 2.91 bits per heavy atom. The lowest BCUT2D eigenvalue weighted by Crippen LogP contribution is -2.20. The van der Waals surface area contributed by atoms with Crippen molar-refractivity contribution in [2.24, 2.45) is 5.92 Å². The molecule has 5 nitrogen and oxygen atoms in total. The summed E-state index contributed by atoms with van der Waals surface area (Å²) in [5, 5.41) is 4.48. The van der Waals surface area contributed by atoms with Crippen LogP contribution in [0.3, 0.4) is 0 Å². The van der Waals surface area contributed by atoms with Crippen molar-refractivity contribution >= 4 is 27.0 Å². The fourth-order valence-corrected chi connectivity index (χ4v) is 3.26.